The predicted octanol–water partition coefficient (Wildman–Crippen LogP) is 2.65. The number of benzene rings is 1. The molecule has 86 valence electrons. The van der Waals surface area contributed by atoms with Crippen molar-refractivity contribution in [2.75, 3.05) is 6.61 Å². The van der Waals surface area contributed by atoms with Gasteiger partial charge in [-0.2, -0.15) is 0 Å². The van der Waals surface area contributed by atoms with E-state index in [1.165, 1.54) is 5.56 Å². The SMILES string of the molecule is Cc1ccc(C(=O)C2(CO)CCC2)c(C)c1. The maximum absolute atomic E-state index is 12.4. The molecule has 16 heavy (non-hydrogen) atoms. The van der Waals surface area contributed by atoms with Crippen LogP contribution in [0.2, 0.25) is 0 Å². The Kier molecular flexibility index (Phi) is 2.85. The van der Waals surface area contributed by atoms with Crippen LogP contribution in [0, 0.1) is 19.3 Å². The maximum Gasteiger partial charge on any atom is 0.171 e. The monoisotopic (exact) mass is 218 g/mol. The van der Waals surface area contributed by atoms with Crippen molar-refractivity contribution in [2.24, 2.45) is 5.41 Å². The highest BCUT2D eigenvalue weighted by molar-refractivity contribution is 6.02. The molecule has 1 aliphatic rings. The molecule has 0 spiro atoms. The van der Waals surface area contributed by atoms with Gasteiger partial charge in [0.2, 0.25) is 0 Å². The summed E-state index contributed by atoms with van der Waals surface area (Å²) in [7, 11) is 0. The number of Topliss-reactive ketones (excluding diaryl/α,β-unsaturated/α-hetero) is 1. The Morgan fingerprint density at radius 1 is 1.38 bits per heavy atom. The Morgan fingerprint density at radius 3 is 2.50 bits per heavy atom. The first-order valence-electron chi connectivity index (χ1n) is 5.82. The van der Waals surface area contributed by atoms with Crippen LogP contribution in [0.15, 0.2) is 18.2 Å². The van der Waals surface area contributed by atoms with Gasteiger partial charge in [-0.1, -0.05) is 30.2 Å². The summed E-state index contributed by atoms with van der Waals surface area (Å²) in [5, 5.41) is 9.39. The van der Waals surface area contributed by atoms with E-state index in [1.807, 2.05) is 32.0 Å². The minimum absolute atomic E-state index is 0.0147. The van der Waals surface area contributed by atoms with Crippen molar-refractivity contribution in [3.05, 3.63) is 34.9 Å². The van der Waals surface area contributed by atoms with E-state index < -0.39 is 5.41 Å². The Hall–Kier alpha value is -1.15. The third-order valence-corrected chi connectivity index (χ3v) is 3.72. The summed E-state index contributed by atoms with van der Waals surface area (Å²) < 4.78 is 0. The van der Waals surface area contributed by atoms with E-state index in [0.29, 0.717) is 0 Å². The lowest BCUT2D eigenvalue weighted by Crippen LogP contribution is -2.41. The summed E-state index contributed by atoms with van der Waals surface area (Å²) in [6.45, 7) is 3.97. The molecule has 0 atom stereocenters. The van der Waals surface area contributed by atoms with Crippen molar-refractivity contribution < 1.29 is 9.90 Å². The van der Waals surface area contributed by atoms with Crippen molar-refractivity contribution in [1.82, 2.24) is 0 Å². The molecule has 0 radical (unpaired) electrons. The highest BCUT2D eigenvalue weighted by atomic mass is 16.3. The van der Waals surface area contributed by atoms with Crippen LogP contribution in [0.25, 0.3) is 0 Å². The topological polar surface area (TPSA) is 37.3 Å². The molecular weight excluding hydrogens is 200 g/mol. The number of aryl methyl sites for hydroxylation is 2. The fourth-order valence-electron chi connectivity index (χ4n) is 2.41. The predicted molar refractivity (Wildman–Crippen MR) is 63.6 cm³/mol. The molecule has 0 heterocycles. The Labute approximate surface area is 96.3 Å². The quantitative estimate of drug-likeness (QED) is 0.792. The van der Waals surface area contributed by atoms with Gasteiger partial charge in [-0.15, -0.1) is 0 Å². The number of hydrogen-bond acceptors (Lipinski definition) is 2. The number of carbonyl (C=O) groups is 1. The molecule has 0 amide bonds. The number of ketones is 1. The first kappa shape index (κ1) is 11.3. The zero-order valence-corrected chi connectivity index (χ0v) is 9.92. The molecule has 2 rings (SSSR count). The van der Waals surface area contributed by atoms with E-state index in [1.54, 1.807) is 0 Å². The van der Waals surface area contributed by atoms with Crippen LogP contribution in [-0.4, -0.2) is 17.5 Å². The molecule has 1 fully saturated rings. The van der Waals surface area contributed by atoms with Crippen molar-refractivity contribution in [3.8, 4) is 0 Å². The normalized spacial score (nSPS) is 17.9. The van der Waals surface area contributed by atoms with E-state index >= 15 is 0 Å². The molecule has 0 bridgehead atoms. The minimum atomic E-state index is -0.472. The second kappa shape index (κ2) is 4.02. The second-order valence-electron chi connectivity index (χ2n) is 4.94. The summed E-state index contributed by atoms with van der Waals surface area (Å²) >= 11 is 0. The number of rotatable bonds is 3. The zero-order valence-electron chi connectivity index (χ0n) is 9.92. The number of aliphatic hydroxyl groups excluding tert-OH is 1. The Bertz CT molecular complexity index is 411. The third kappa shape index (κ3) is 1.67. The van der Waals surface area contributed by atoms with Crippen LogP contribution in [0.5, 0.6) is 0 Å². The van der Waals surface area contributed by atoms with Gasteiger partial charge >= 0.3 is 0 Å². The van der Waals surface area contributed by atoms with Gasteiger partial charge in [-0.3, -0.25) is 4.79 Å². The molecule has 1 aliphatic carbocycles. The van der Waals surface area contributed by atoms with Gasteiger partial charge in [0, 0.05) is 5.56 Å². The summed E-state index contributed by atoms with van der Waals surface area (Å²) in [6.07, 6.45) is 2.71. The van der Waals surface area contributed by atoms with Gasteiger partial charge in [0.1, 0.15) is 0 Å². The van der Waals surface area contributed by atoms with E-state index in [2.05, 4.69) is 0 Å². The lowest BCUT2D eigenvalue weighted by molar-refractivity contribution is 0.0347. The lowest BCUT2D eigenvalue weighted by atomic mass is 9.65. The Balaban J connectivity index is 2.33. The van der Waals surface area contributed by atoms with E-state index in [-0.39, 0.29) is 12.4 Å². The van der Waals surface area contributed by atoms with Crippen LogP contribution in [0.4, 0.5) is 0 Å². The van der Waals surface area contributed by atoms with Gasteiger partial charge < -0.3 is 5.11 Å². The molecule has 0 saturated heterocycles. The summed E-state index contributed by atoms with van der Waals surface area (Å²) in [4.78, 5) is 12.4. The molecule has 0 unspecified atom stereocenters. The number of hydrogen-bond donors (Lipinski definition) is 1. The fourth-order valence-corrected chi connectivity index (χ4v) is 2.41. The standard InChI is InChI=1S/C14H18O2/c1-10-4-5-12(11(2)8-10)13(16)14(9-15)6-3-7-14/h4-5,8,15H,3,6-7,9H2,1-2H3. The highest BCUT2D eigenvalue weighted by Gasteiger charge is 2.43. The van der Waals surface area contributed by atoms with Crippen molar-refractivity contribution in [1.29, 1.82) is 0 Å². The molecule has 1 N–H and O–H groups in total. The van der Waals surface area contributed by atoms with Gasteiger partial charge in [0.05, 0.1) is 12.0 Å². The molecule has 2 nitrogen and oxygen atoms in total. The molecule has 1 aromatic carbocycles. The number of carbonyl (C=O) groups excluding carboxylic acids is 1. The largest absolute Gasteiger partial charge is 0.395 e. The van der Waals surface area contributed by atoms with Crippen LogP contribution in [0.3, 0.4) is 0 Å². The van der Waals surface area contributed by atoms with Crippen LogP contribution in [-0.2, 0) is 0 Å². The molecule has 0 aromatic heterocycles. The zero-order chi connectivity index (χ0) is 11.8. The second-order valence-corrected chi connectivity index (χ2v) is 4.94. The van der Waals surface area contributed by atoms with Crippen LogP contribution in [0.1, 0.15) is 40.7 Å². The van der Waals surface area contributed by atoms with Gasteiger partial charge in [-0.05, 0) is 32.3 Å². The average Bonchev–Trinajstić information content (AvgIpc) is 2.16. The smallest absolute Gasteiger partial charge is 0.171 e. The van der Waals surface area contributed by atoms with Crippen LogP contribution >= 0.6 is 0 Å². The van der Waals surface area contributed by atoms with Crippen molar-refractivity contribution >= 4 is 5.78 Å². The minimum Gasteiger partial charge on any atom is -0.395 e. The van der Waals surface area contributed by atoms with Gasteiger partial charge in [0.25, 0.3) is 0 Å². The Morgan fingerprint density at radius 2 is 2.06 bits per heavy atom. The molecule has 2 heteroatoms. The number of aliphatic hydroxyl groups is 1. The first-order valence-corrected chi connectivity index (χ1v) is 5.82. The van der Waals surface area contributed by atoms with E-state index in [9.17, 15) is 9.90 Å². The molecular formula is C14H18O2. The summed E-state index contributed by atoms with van der Waals surface area (Å²) in [5.74, 6) is 0.124. The highest BCUT2D eigenvalue weighted by Crippen LogP contribution is 2.43. The molecule has 1 saturated carbocycles. The third-order valence-electron chi connectivity index (χ3n) is 3.72. The van der Waals surface area contributed by atoms with Crippen molar-refractivity contribution in [3.63, 3.8) is 0 Å². The maximum atomic E-state index is 12.4. The summed E-state index contributed by atoms with van der Waals surface area (Å²) in [5.41, 5.74) is 2.49. The van der Waals surface area contributed by atoms with E-state index in [4.69, 9.17) is 0 Å². The average molecular weight is 218 g/mol. The van der Waals surface area contributed by atoms with Gasteiger partial charge in [-0.25, -0.2) is 0 Å². The van der Waals surface area contributed by atoms with E-state index in [0.717, 1.165) is 30.4 Å². The molecule has 1 aromatic rings. The lowest BCUT2D eigenvalue weighted by Gasteiger charge is -2.39. The fraction of sp³-hybridized carbons (Fsp3) is 0.500. The summed E-state index contributed by atoms with van der Waals surface area (Å²) in [6, 6.07) is 5.88. The molecule has 0 aliphatic heterocycles. The van der Waals surface area contributed by atoms with Crippen LogP contribution < -0.4 is 0 Å². The van der Waals surface area contributed by atoms with Crippen molar-refractivity contribution in [2.45, 2.75) is 33.1 Å². The first-order chi connectivity index (χ1) is 7.59. The van der Waals surface area contributed by atoms with Gasteiger partial charge in [0.15, 0.2) is 5.78 Å².